The van der Waals surface area contributed by atoms with Gasteiger partial charge in [-0.15, -0.1) is 0 Å². The lowest BCUT2D eigenvalue weighted by atomic mass is 9.90. The molecule has 0 N–H and O–H groups in total. The SMILES string of the molecule is CCc1c(C)cc2nc(CCc3ccccc3)ccc2c1-c1ccc(Cl)cc1. The van der Waals surface area contributed by atoms with E-state index in [2.05, 4.69) is 74.5 Å². The molecule has 0 aliphatic rings. The molecule has 0 aliphatic heterocycles. The van der Waals surface area contributed by atoms with Crippen molar-refractivity contribution in [2.75, 3.05) is 0 Å². The van der Waals surface area contributed by atoms with Gasteiger partial charge >= 0.3 is 0 Å². The van der Waals surface area contributed by atoms with E-state index in [9.17, 15) is 0 Å². The van der Waals surface area contributed by atoms with E-state index in [0.29, 0.717) is 0 Å². The Labute approximate surface area is 172 Å². The van der Waals surface area contributed by atoms with Crippen LogP contribution in [-0.4, -0.2) is 4.98 Å². The summed E-state index contributed by atoms with van der Waals surface area (Å²) in [6, 6.07) is 25.4. The van der Waals surface area contributed by atoms with E-state index in [-0.39, 0.29) is 0 Å². The monoisotopic (exact) mass is 385 g/mol. The average Bonchev–Trinajstić information content (AvgIpc) is 2.72. The van der Waals surface area contributed by atoms with Crippen molar-refractivity contribution in [1.82, 2.24) is 4.98 Å². The van der Waals surface area contributed by atoms with Gasteiger partial charge in [-0.05, 0) is 78.3 Å². The summed E-state index contributed by atoms with van der Waals surface area (Å²) >= 11 is 6.12. The molecule has 0 saturated heterocycles. The maximum absolute atomic E-state index is 6.12. The highest BCUT2D eigenvalue weighted by Crippen LogP contribution is 2.35. The normalized spacial score (nSPS) is 11.1. The molecule has 0 aliphatic carbocycles. The second kappa shape index (κ2) is 8.16. The van der Waals surface area contributed by atoms with Crippen LogP contribution >= 0.6 is 11.6 Å². The van der Waals surface area contributed by atoms with Crippen LogP contribution in [0.15, 0.2) is 72.8 Å². The zero-order valence-corrected chi connectivity index (χ0v) is 17.1. The number of pyridine rings is 1. The van der Waals surface area contributed by atoms with Crippen LogP contribution in [0.25, 0.3) is 22.0 Å². The first kappa shape index (κ1) is 18.7. The molecule has 1 nitrogen and oxygen atoms in total. The van der Waals surface area contributed by atoms with Gasteiger partial charge in [0.15, 0.2) is 0 Å². The quantitative estimate of drug-likeness (QED) is 0.353. The first-order chi connectivity index (χ1) is 13.7. The summed E-state index contributed by atoms with van der Waals surface area (Å²) in [4.78, 5) is 5.00. The van der Waals surface area contributed by atoms with Gasteiger partial charge in [0, 0.05) is 16.1 Å². The Hall–Kier alpha value is -2.64. The number of hydrogen-bond donors (Lipinski definition) is 0. The molecule has 1 heterocycles. The molecule has 0 amide bonds. The minimum Gasteiger partial charge on any atom is -0.253 e. The third-order valence-electron chi connectivity index (χ3n) is 5.38. The number of nitrogens with zero attached hydrogens (tertiary/aromatic N) is 1. The van der Waals surface area contributed by atoms with Crippen LogP contribution in [0, 0.1) is 6.92 Å². The van der Waals surface area contributed by atoms with Crippen molar-refractivity contribution in [1.29, 1.82) is 0 Å². The standard InChI is InChI=1S/C26H24ClN/c1-3-23-18(2)17-25-24(26(23)20-10-12-21(27)13-11-20)16-15-22(28-25)14-9-19-7-5-4-6-8-19/h4-8,10-13,15-17H,3,9,14H2,1-2H3. The fourth-order valence-corrected chi connectivity index (χ4v) is 4.07. The Morgan fingerprint density at radius 3 is 2.32 bits per heavy atom. The number of aromatic nitrogens is 1. The van der Waals surface area contributed by atoms with Gasteiger partial charge in [0.2, 0.25) is 0 Å². The van der Waals surface area contributed by atoms with Gasteiger partial charge in [0.05, 0.1) is 5.52 Å². The highest BCUT2D eigenvalue weighted by molar-refractivity contribution is 6.30. The fourth-order valence-electron chi connectivity index (χ4n) is 3.95. The molecular formula is C26H24ClN. The van der Waals surface area contributed by atoms with Crippen molar-refractivity contribution in [3.63, 3.8) is 0 Å². The lowest BCUT2D eigenvalue weighted by Gasteiger charge is -2.16. The highest BCUT2D eigenvalue weighted by Gasteiger charge is 2.13. The number of aryl methyl sites for hydroxylation is 3. The van der Waals surface area contributed by atoms with Crippen molar-refractivity contribution in [2.45, 2.75) is 33.1 Å². The minimum atomic E-state index is 0.764. The smallest absolute Gasteiger partial charge is 0.0714 e. The van der Waals surface area contributed by atoms with Gasteiger partial charge in [-0.2, -0.15) is 0 Å². The summed E-state index contributed by atoms with van der Waals surface area (Å²) in [5.74, 6) is 0. The molecule has 140 valence electrons. The summed E-state index contributed by atoms with van der Waals surface area (Å²) in [6.07, 6.45) is 2.95. The fraction of sp³-hybridized carbons (Fsp3) is 0.192. The topological polar surface area (TPSA) is 12.9 Å². The van der Waals surface area contributed by atoms with Crippen molar-refractivity contribution < 1.29 is 0 Å². The number of rotatable bonds is 5. The van der Waals surface area contributed by atoms with Gasteiger partial charge in [-0.3, -0.25) is 4.98 Å². The maximum Gasteiger partial charge on any atom is 0.0714 e. The molecule has 2 heteroatoms. The zero-order valence-electron chi connectivity index (χ0n) is 16.4. The van der Waals surface area contributed by atoms with Crippen LogP contribution in [0.3, 0.4) is 0 Å². The number of fused-ring (bicyclic) bond motifs is 1. The van der Waals surface area contributed by atoms with E-state index < -0.39 is 0 Å². The van der Waals surface area contributed by atoms with Crippen molar-refractivity contribution in [3.05, 3.63) is 100 Å². The van der Waals surface area contributed by atoms with Gasteiger partial charge in [0.1, 0.15) is 0 Å². The summed E-state index contributed by atoms with van der Waals surface area (Å²) in [6.45, 7) is 4.41. The van der Waals surface area contributed by atoms with Crippen molar-refractivity contribution >= 4 is 22.5 Å². The molecular weight excluding hydrogens is 362 g/mol. The van der Waals surface area contributed by atoms with Crippen molar-refractivity contribution in [2.24, 2.45) is 0 Å². The van der Waals surface area contributed by atoms with Crippen LogP contribution in [0.2, 0.25) is 5.02 Å². The van der Waals surface area contributed by atoms with E-state index in [4.69, 9.17) is 16.6 Å². The molecule has 4 rings (SSSR count). The zero-order chi connectivity index (χ0) is 19.5. The molecule has 0 spiro atoms. The molecule has 3 aromatic carbocycles. The Morgan fingerprint density at radius 2 is 1.61 bits per heavy atom. The van der Waals surface area contributed by atoms with Gasteiger partial charge in [-0.25, -0.2) is 0 Å². The van der Waals surface area contributed by atoms with Crippen LogP contribution in [0.1, 0.15) is 29.3 Å². The summed E-state index contributed by atoms with van der Waals surface area (Å²) in [5, 5.41) is 1.98. The molecule has 0 radical (unpaired) electrons. The minimum absolute atomic E-state index is 0.764. The number of benzene rings is 3. The first-order valence-corrected chi connectivity index (χ1v) is 10.3. The summed E-state index contributed by atoms with van der Waals surface area (Å²) in [7, 11) is 0. The summed E-state index contributed by atoms with van der Waals surface area (Å²) in [5.41, 5.74) is 8.74. The molecule has 0 unspecified atom stereocenters. The molecule has 1 aromatic heterocycles. The Balaban J connectivity index is 1.76. The van der Waals surface area contributed by atoms with E-state index >= 15 is 0 Å². The third kappa shape index (κ3) is 3.81. The van der Waals surface area contributed by atoms with Crippen LogP contribution in [0.4, 0.5) is 0 Å². The second-order valence-corrected chi connectivity index (χ2v) is 7.70. The molecule has 4 aromatic rings. The Kier molecular flexibility index (Phi) is 5.45. The molecule has 28 heavy (non-hydrogen) atoms. The average molecular weight is 386 g/mol. The van der Waals surface area contributed by atoms with E-state index in [1.54, 1.807) is 0 Å². The maximum atomic E-state index is 6.12. The number of halogens is 1. The van der Waals surface area contributed by atoms with Crippen molar-refractivity contribution in [3.8, 4) is 11.1 Å². The van der Waals surface area contributed by atoms with Crippen LogP contribution < -0.4 is 0 Å². The third-order valence-corrected chi connectivity index (χ3v) is 5.63. The van der Waals surface area contributed by atoms with E-state index in [0.717, 1.165) is 35.5 Å². The largest absolute Gasteiger partial charge is 0.253 e. The van der Waals surface area contributed by atoms with Gasteiger partial charge in [-0.1, -0.05) is 67.1 Å². The lowest BCUT2D eigenvalue weighted by molar-refractivity contribution is 0.922. The molecule has 0 saturated carbocycles. The predicted octanol–water partition coefficient (Wildman–Crippen LogP) is 7.21. The molecule has 0 bridgehead atoms. The van der Waals surface area contributed by atoms with Crippen LogP contribution in [0.5, 0.6) is 0 Å². The van der Waals surface area contributed by atoms with Gasteiger partial charge < -0.3 is 0 Å². The number of hydrogen-bond acceptors (Lipinski definition) is 1. The van der Waals surface area contributed by atoms with E-state index in [1.165, 1.54) is 33.2 Å². The van der Waals surface area contributed by atoms with Gasteiger partial charge in [0.25, 0.3) is 0 Å². The highest BCUT2D eigenvalue weighted by atomic mass is 35.5. The second-order valence-electron chi connectivity index (χ2n) is 7.26. The first-order valence-electron chi connectivity index (χ1n) is 9.87. The Bertz CT molecular complexity index is 1100. The molecule has 0 fully saturated rings. The van der Waals surface area contributed by atoms with E-state index in [1.807, 2.05) is 12.1 Å². The summed E-state index contributed by atoms with van der Waals surface area (Å²) < 4.78 is 0. The van der Waals surface area contributed by atoms with Crippen LogP contribution in [-0.2, 0) is 19.3 Å². The molecule has 0 atom stereocenters. The predicted molar refractivity (Wildman–Crippen MR) is 120 cm³/mol. The Morgan fingerprint density at radius 1 is 0.857 bits per heavy atom. The lowest BCUT2D eigenvalue weighted by Crippen LogP contribution is -1.99.